The highest BCUT2D eigenvalue weighted by molar-refractivity contribution is 7.89. The Morgan fingerprint density at radius 1 is 1.43 bits per heavy atom. The van der Waals surface area contributed by atoms with Gasteiger partial charge in [-0.2, -0.15) is 4.31 Å². The smallest absolute Gasteiger partial charge is 0.371 e. The summed E-state index contributed by atoms with van der Waals surface area (Å²) in [7, 11) is -3.87. The molecule has 0 aromatic carbocycles. The summed E-state index contributed by atoms with van der Waals surface area (Å²) in [4.78, 5) is 10.8. The van der Waals surface area contributed by atoms with Gasteiger partial charge in [0, 0.05) is 18.7 Å². The van der Waals surface area contributed by atoms with E-state index in [1.165, 1.54) is 11.2 Å². The molecule has 1 fully saturated rings. The number of hydrogen-bond acceptors (Lipinski definition) is 5. The molecule has 2 N–H and O–H groups in total. The Balaban J connectivity index is 2.42. The fraction of sp³-hybridized carbons (Fsp3) is 0.615. The molecule has 1 aromatic rings. The van der Waals surface area contributed by atoms with Gasteiger partial charge in [0.1, 0.15) is 10.7 Å². The zero-order valence-electron chi connectivity index (χ0n) is 11.8. The molecule has 118 valence electrons. The third-order valence-electron chi connectivity index (χ3n) is 3.70. The third-order valence-corrected chi connectivity index (χ3v) is 5.76. The second-order valence-electron chi connectivity index (χ2n) is 5.14. The van der Waals surface area contributed by atoms with E-state index >= 15 is 0 Å². The number of carboxylic acid groups (broad SMARTS) is 1. The minimum Gasteiger partial charge on any atom is -0.475 e. The van der Waals surface area contributed by atoms with Gasteiger partial charge in [0.2, 0.25) is 15.8 Å². The van der Waals surface area contributed by atoms with Gasteiger partial charge in [0.15, 0.2) is 0 Å². The van der Waals surface area contributed by atoms with E-state index in [9.17, 15) is 18.3 Å². The number of hydrogen-bond donors (Lipinski definition) is 2. The average molecular weight is 317 g/mol. The molecule has 1 atom stereocenters. The first-order chi connectivity index (χ1) is 9.87. The predicted octanol–water partition coefficient (Wildman–Crippen LogP) is 1.21. The first kappa shape index (κ1) is 16.0. The van der Waals surface area contributed by atoms with E-state index in [-0.39, 0.29) is 17.3 Å². The largest absolute Gasteiger partial charge is 0.475 e. The molecule has 21 heavy (non-hydrogen) atoms. The van der Waals surface area contributed by atoms with Gasteiger partial charge in [-0.15, -0.1) is 0 Å². The molecule has 0 amide bonds. The van der Waals surface area contributed by atoms with Crippen LogP contribution in [0.3, 0.4) is 0 Å². The zero-order chi connectivity index (χ0) is 15.6. The molecule has 1 aliphatic rings. The summed E-state index contributed by atoms with van der Waals surface area (Å²) >= 11 is 0. The quantitative estimate of drug-likeness (QED) is 0.864. The van der Waals surface area contributed by atoms with Crippen LogP contribution < -0.4 is 0 Å². The molecule has 7 nitrogen and oxygen atoms in total. The van der Waals surface area contributed by atoms with Gasteiger partial charge in [0.05, 0.1) is 6.61 Å². The first-order valence-corrected chi connectivity index (χ1v) is 8.28. The van der Waals surface area contributed by atoms with Crippen molar-refractivity contribution in [3.63, 3.8) is 0 Å². The zero-order valence-corrected chi connectivity index (χ0v) is 12.6. The number of rotatable bonds is 4. The molecule has 1 aliphatic heterocycles. The van der Waals surface area contributed by atoms with Crippen LogP contribution >= 0.6 is 0 Å². The lowest BCUT2D eigenvalue weighted by Gasteiger charge is -2.27. The number of aliphatic hydroxyl groups is 1. The van der Waals surface area contributed by atoms with Crippen molar-refractivity contribution in [1.82, 2.24) is 4.31 Å². The highest BCUT2D eigenvalue weighted by atomic mass is 32.2. The Kier molecular flexibility index (Phi) is 4.70. The molecular weight excluding hydrogens is 298 g/mol. The van der Waals surface area contributed by atoms with Crippen LogP contribution in [0.1, 0.15) is 42.0 Å². The Bertz CT molecular complexity index is 621. The number of furan rings is 1. The summed E-state index contributed by atoms with van der Waals surface area (Å²) in [6.45, 7) is 1.49. The Morgan fingerprint density at radius 2 is 2.14 bits per heavy atom. The molecular formula is C13H19NO6S. The fourth-order valence-corrected chi connectivity index (χ4v) is 4.45. The summed E-state index contributed by atoms with van der Waals surface area (Å²) in [6.07, 6.45) is 3.09. The summed E-state index contributed by atoms with van der Waals surface area (Å²) in [5.41, 5.74) is 0. The molecule has 0 aliphatic carbocycles. The van der Waals surface area contributed by atoms with E-state index in [1.54, 1.807) is 0 Å². The van der Waals surface area contributed by atoms with Gasteiger partial charge >= 0.3 is 5.97 Å². The minimum absolute atomic E-state index is 0.0494. The van der Waals surface area contributed by atoms with E-state index in [0.717, 1.165) is 25.3 Å². The molecule has 1 unspecified atom stereocenters. The van der Waals surface area contributed by atoms with Gasteiger partial charge in [-0.3, -0.25) is 0 Å². The minimum atomic E-state index is -3.87. The lowest BCUT2D eigenvalue weighted by molar-refractivity contribution is 0.0661. The molecule has 2 heterocycles. The lowest BCUT2D eigenvalue weighted by Crippen LogP contribution is -2.42. The van der Waals surface area contributed by atoms with Crippen LogP contribution in [0.15, 0.2) is 15.4 Å². The van der Waals surface area contributed by atoms with Crippen molar-refractivity contribution >= 4 is 16.0 Å². The predicted molar refractivity (Wildman–Crippen MR) is 73.6 cm³/mol. The topological polar surface area (TPSA) is 108 Å². The summed E-state index contributed by atoms with van der Waals surface area (Å²) in [5, 5.41) is 18.3. The van der Waals surface area contributed by atoms with Gasteiger partial charge in [-0.05, 0) is 19.8 Å². The van der Waals surface area contributed by atoms with Crippen LogP contribution in [-0.2, 0) is 10.0 Å². The second kappa shape index (κ2) is 6.17. The van der Waals surface area contributed by atoms with Gasteiger partial charge in [0.25, 0.3) is 0 Å². The van der Waals surface area contributed by atoms with Crippen molar-refractivity contribution in [2.45, 2.75) is 43.5 Å². The summed E-state index contributed by atoms with van der Waals surface area (Å²) < 4.78 is 31.7. The van der Waals surface area contributed by atoms with Gasteiger partial charge in [-0.1, -0.05) is 12.8 Å². The molecule has 1 saturated heterocycles. The van der Waals surface area contributed by atoms with Crippen LogP contribution in [0.5, 0.6) is 0 Å². The highest BCUT2D eigenvalue weighted by Crippen LogP contribution is 2.28. The van der Waals surface area contributed by atoms with Gasteiger partial charge < -0.3 is 14.6 Å². The van der Waals surface area contributed by atoms with Crippen LogP contribution in [0.25, 0.3) is 0 Å². The maximum Gasteiger partial charge on any atom is 0.371 e. The number of aliphatic hydroxyl groups excluding tert-OH is 1. The molecule has 0 saturated carbocycles. The molecule has 0 bridgehead atoms. The van der Waals surface area contributed by atoms with Crippen molar-refractivity contribution in [3.05, 3.63) is 17.6 Å². The van der Waals surface area contributed by atoms with Crippen molar-refractivity contribution in [2.24, 2.45) is 0 Å². The summed E-state index contributed by atoms with van der Waals surface area (Å²) in [6, 6.07) is 0.562. The number of nitrogens with zero attached hydrogens (tertiary/aromatic N) is 1. The number of aryl methyl sites for hydroxylation is 1. The standard InChI is InChI=1S/C13H19NO6S/c1-9-12(7-11(20-9)13(16)17)21(18,19)14-6-4-2-3-5-10(14)8-15/h7,10,15H,2-6,8H2,1H3,(H,16,17). The molecule has 1 aromatic heterocycles. The monoisotopic (exact) mass is 317 g/mol. The molecule has 8 heteroatoms. The number of aromatic carboxylic acids is 1. The van der Waals surface area contributed by atoms with Gasteiger partial charge in [-0.25, -0.2) is 13.2 Å². The maximum absolute atomic E-state index is 12.7. The van der Waals surface area contributed by atoms with Crippen LogP contribution in [0.4, 0.5) is 0 Å². The second-order valence-corrected chi connectivity index (χ2v) is 7.00. The van der Waals surface area contributed by atoms with E-state index in [2.05, 4.69) is 0 Å². The first-order valence-electron chi connectivity index (χ1n) is 6.84. The Hall–Kier alpha value is -1.38. The van der Waals surface area contributed by atoms with Crippen molar-refractivity contribution in [3.8, 4) is 0 Å². The fourth-order valence-electron chi connectivity index (χ4n) is 2.60. The van der Waals surface area contributed by atoms with Crippen LogP contribution in [0.2, 0.25) is 0 Å². The normalized spacial score (nSPS) is 21.1. The molecule has 0 radical (unpaired) electrons. The van der Waals surface area contributed by atoms with Crippen molar-refractivity contribution < 1.29 is 27.8 Å². The lowest BCUT2D eigenvalue weighted by atomic mass is 10.1. The van der Waals surface area contributed by atoms with E-state index in [1.807, 2.05) is 0 Å². The third kappa shape index (κ3) is 3.12. The van der Waals surface area contributed by atoms with Crippen molar-refractivity contribution in [2.75, 3.05) is 13.2 Å². The number of sulfonamides is 1. The van der Waals surface area contributed by atoms with Crippen LogP contribution in [-0.4, -0.2) is 48.1 Å². The highest BCUT2D eigenvalue weighted by Gasteiger charge is 2.35. The Labute approximate surface area is 123 Å². The number of carboxylic acids is 1. The van der Waals surface area contributed by atoms with Crippen LogP contribution in [0, 0.1) is 6.92 Å². The maximum atomic E-state index is 12.7. The Morgan fingerprint density at radius 3 is 2.71 bits per heavy atom. The van der Waals surface area contributed by atoms with E-state index in [0.29, 0.717) is 13.0 Å². The SMILES string of the molecule is Cc1oc(C(=O)O)cc1S(=O)(=O)N1CCCCCC1CO. The molecule has 0 spiro atoms. The van der Waals surface area contributed by atoms with E-state index in [4.69, 9.17) is 9.52 Å². The van der Waals surface area contributed by atoms with Crippen molar-refractivity contribution in [1.29, 1.82) is 0 Å². The average Bonchev–Trinajstić information content (AvgIpc) is 2.68. The number of carbonyl (C=O) groups is 1. The van der Waals surface area contributed by atoms with E-state index < -0.39 is 27.8 Å². The molecule has 2 rings (SSSR count). The summed E-state index contributed by atoms with van der Waals surface area (Å²) in [5.74, 6) is -1.66.